The first-order valence-electron chi connectivity index (χ1n) is 12.6. The molecule has 0 saturated heterocycles. The molecule has 0 bridgehead atoms. The van der Waals surface area contributed by atoms with Crippen LogP contribution >= 0.6 is 11.3 Å². The first-order chi connectivity index (χ1) is 19.2. The molecule has 0 spiro atoms. The summed E-state index contributed by atoms with van der Waals surface area (Å²) in [5.74, 6) is -0.416. The first kappa shape index (κ1) is 27.4. The second kappa shape index (κ2) is 11.5. The molecule has 7 nitrogen and oxygen atoms in total. The Kier molecular flexibility index (Phi) is 7.88. The molecule has 0 unspecified atom stereocenters. The molecule has 0 atom stereocenters. The Hall–Kier alpha value is -4.18. The lowest BCUT2D eigenvalue weighted by Crippen LogP contribution is -2.27. The van der Waals surface area contributed by atoms with Gasteiger partial charge in [-0.2, -0.15) is 14.4 Å². The van der Waals surface area contributed by atoms with E-state index in [1.54, 1.807) is 6.21 Å². The fourth-order valence-corrected chi connectivity index (χ4v) is 6.25. The summed E-state index contributed by atoms with van der Waals surface area (Å²) in [4.78, 5) is 18.5. The van der Waals surface area contributed by atoms with E-state index in [2.05, 4.69) is 10.1 Å². The summed E-state index contributed by atoms with van der Waals surface area (Å²) in [6.45, 7) is 4.25. The predicted molar refractivity (Wildman–Crippen MR) is 161 cm³/mol. The van der Waals surface area contributed by atoms with Crippen LogP contribution in [0.25, 0.3) is 10.2 Å². The monoisotopic (exact) mass is 568 g/mol. The van der Waals surface area contributed by atoms with Crippen molar-refractivity contribution in [1.82, 2.24) is 9.29 Å². The molecule has 1 amide bonds. The minimum Gasteiger partial charge on any atom is -0.267 e. The molecule has 0 saturated carbocycles. The van der Waals surface area contributed by atoms with Crippen molar-refractivity contribution < 1.29 is 13.2 Å². The number of carbonyl (C=O) groups excluding carboxylic acids is 1. The number of hydrogen-bond acceptors (Lipinski definition) is 6. The van der Waals surface area contributed by atoms with Gasteiger partial charge in [-0.25, -0.2) is 13.4 Å². The van der Waals surface area contributed by atoms with Gasteiger partial charge in [-0.05, 0) is 66.9 Å². The molecule has 5 aromatic rings. The van der Waals surface area contributed by atoms with Crippen LogP contribution in [0.2, 0.25) is 0 Å². The van der Waals surface area contributed by atoms with E-state index in [-0.39, 0.29) is 11.4 Å². The normalized spacial score (nSPS) is 11.9. The standard InChI is InChI=1S/C31H28N4O3S2/c1-22-9-12-24(13-10-22)20-32-35(31-33-28-18-11-23(2)19-29(28)39-31)30(36)26-14-16-27(17-15-26)40(37,38)34(3)21-25-7-5-4-6-8-25/h4-20H,21H2,1-3H3/b32-20+. The Morgan fingerprint density at radius 3 is 2.27 bits per heavy atom. The van der Waals surface area contributed by atoms with Crippen LogP contribution in [0.5, 0.6) is 0 Å². The zero-order valence-corrected chi connectivity index (χ0v) is 24.0. The number of nitrogens with zero attached hydrogens (tertiary/aromatic N) is 4. The highest BCUT2D eigenvalue weighted by Crippen LogP contribution is 2.31. The van der Waals surface area contributed by atoms with Gasteiger partial charge in [-0.3, -0.25) is 4.79 Å². The van der Waals surface area contributed by atoms with Crippen LogP contribution in [0.1, 0.15) is 32.6 Å². The topological polar surface area (TPSA) is 82.9 Å². The van der Waals surface area contributed by atoms with Gasteiger partial charge in [0.1, 0.15) is 0 Å². The van der Waals surface area contributed by atoms with Crippen molar-refractivity contribution >= 4 is 48.8 Å². The van der Waals surface area contributed by atoms with E-state index in [0.29, 0.717) is 10.7 Å². The Labute approximate surface area is 238 Å². The zero-order chi connectivity index (χ0) is 28.3. The number of rotatable bonds is 8. The van der Waals surface area contributed by atoms with E-state index >= 15 is 0 Å². The van der Waals surface area contributed by atoms with Gasteiger partial charge < -0.3 is 0 Å². The van der Waals surface area contributed by atoms with E-state index in [4.69, 9.17) is 0 Å². The van der Waals surface area contributed by atoms with Crippen molar-refractivity contribution in [3.8, 4) is 0 Å². The summed E-state index contributed by atoms with van der Waals surface area (Å²) >= 11 is 1.37. The smallest absolute Gasteiger partial charge is 0.267 e. The molecule has 0 N–H and O–H groups in total. The van der Waals surface area contributed by atoms with Crippen molar-refractivity contribution in [3.05, 3.63) is 125 Å². The molecule has 202 valence electrons. The Bertz CT molecular complexity index is 1780. The lowest BCUT2D eigenvalue weighted by atomic mass is 10.2. The number of hydrazone groups is 1. The van der Waals surface area contributed by atoms with Crippen LogP contribution in [0.15, 0.2) is 107 Å². The quantitative estimate of drug-likeness (QED) is 0.160. The second-order valence-corrected chi connectivity index (χ2v) is 12.6. The summed E-state index contributed by atoms with van der Waals surface area (Å²) < 4.78 is 28.6. The van der Waals surface area contributed by atoms with E-state index in [1.165, 1.54) is 52.0 Å². The molecule has 0 radical (unpaired) electrons. The maximum atomic E-state index is 13.7. The van der Waals surface area contributed by atoms with Crippen molar-refractivity contribution in [2.24, 2.45) is 5.10 Å². The molecule has 1 heterocycles. The number of aromatic nitrogens is 1. The largest absolute Gasteiger partial charge is 0.280 e. The molecule has 0 fully saturated rings. The number of hydrogen-bond donors (Lipinski definition) is 0. The predicted octanol–water partition coefficient (Wildman–Crippen LogP) is 6.41. The minimum absolute atomic E-state index is 0.104. The average Bonchev–Trinajstić information content (AvgIpc) is 3.37. The van der Waals surface area contributed by atoms with Crippen LogP contribution in [0.3, 0.4) is 0 Å². The van der Waals surface area contributed by atoms with Gasteiger partial charge in [-0.15, -0.1) is 0 Å². The molecule has 0 aliphatic rings. The van der Waals surface area contributed by atoms with Crippen LogP contribution < -0.4 is 5.01 Å². The second-order valence-electron chi connectivity index (χ2n) is 9.51. The summed E-state index contributed by atoms with van der Waals surface area (Å²) in [6, 6.07) is 29.0. The Morgan fingerprint density at radius 1 is 0.900 bits per heavy atom. The molecule has 40 heavy (non-hydrogen) atoms. The maximum absolute atomic E-state index is 13.7. The summed E-state index contributed by atoms with van der Waals surface area (Å²) in [5.41, 5.74) is 5.00. The van der Waals surface area contributed by atoms with Crippen LogP contribution in [0, 0.1) is 13.8 Å². The number of fused-ring (bicyclic) bond motifs is 1. The van der Waals surface area contributed by atoms with Gasteiger partial charge in [-0.1, -0.05) is 77.6 Å². The van der Waals surface area contributed by atoms with E-state index < -0.39 is 15.9 Å². The Morgan fingerprint density at radius 2 is 1.57 bits per heavy atom. The van der Waals surface area contributed by atoms with Crippen LogP contribution in [0.4, 0.5) is 5.13 Å². The molecular formula is C31H28N4O3S2. The van der Waals surface area contributed by atoms with Gasteiger partial charge in [0.15, 0.2) is 0 Å². The van der Waals surface area contributed by atoms with E-state index in [0.717, 1.165) is 32.5 Å². The third-order valence-electron chi connectivity index (χ3n) is 6.36. The lowest BCUT2D eigenvalue weighted by Gasteiger charge is -2.18. The highest BCUT2D eigenvalue weighted by molar-refractivity contribution is 7.89. The molecule has 1 aromatic heterocycles. The zero-order valence-electron chi connectivity index (χ0n) is 22.4. The average molecular weight is 569 g/mol. The van der Waals surface area contributed by atoms with Crippen LogP contribution in [-0.4, -0.2) is 36.9 Å². The Balaban J connectivity index is 1.44. The summed E-state index contributed by atoms with van der Waals surface area (Å²) in [5, 5.41) is 6.21. The number of thiazole rings is 1. The van der Waals surface area contributed by atoms with Gasteiger partial charge in [0.25, 0.3) is 5.91 Å². The van der Waals surface area contributed by atoms with Crippen molar-refractivity contribution in [2.45, 2.75) is 25.3 Å². The third-order valence-corrected chi connectivity index (χ3v) is 9.17. The number of aryl methyl sites for hydroxylation is 2. The molecule has 0 aliphatic heterocycles. The number of benzene rings is 4. The van der Waals surface area contributed by atoms with Gasteiger partial charge in [0.2, 0.25) is 15.2 Å². The number of sulfonamides is 1. The maximum Gasteiger partial charge on any atom is 0.280 e. The highest BCUT2D eigenvalue weighted by Gasteiger charge is 2.24. The van der Waals surface area contributed by atoms with Crippen LogP contribution in [-0.2, 0) is 16.6 Å². The summed E-state index contributed by atoms with van der Waals surface area (Å²) in [7, 11) is -2.22. The van der Waals surface area contributed by atoms with E-state index in [9.17, 15) is 13.2 Å². The fraction of sp³-hybridized carbons (Fsp3) is 0.129. The van der Waals surface area contributed by atoms with Gasteiger partial charge in [0, 0.05) is 19.2 Å². The van der Waals surface area contributed by atoms with Crippen molar-refractivity contribution in [1.29, 1.82) is 0 Å². The summed E-state index contributed by atoms with van der Waals surface area (Å²) in [6.07, 6.45) is 1.62. The molecule has 9 heteroatoms. The van der Waals surface area contributed by atoms with Crippen molar-refractivity contribution in [3.63, 3.8) is 0 Å². The van der Waals surface area contributed by atoms with Crippen molar-refractivity contribution in [2.75, 3.05) is 12.1 Å². The lowest BCUT2D eigenvalue weighted by molar-refractivity contribution is 0.0987. The molecular weight excluding hydrogens is 541 g/mol. The van der Waals surface area contributed by atoms with Gasteiger partial charge in [0.05, 0.1) is 21.3 Å². The number of anilines is 1. The van der Waals surface area contributed by atoms with E-state index in [1.807, 2.05) is 86.6 Å². The highest BCUT2D eigenvalue weighted by atomic mass is 32.2. The molecule has 0 aliphatic carbocycles. The number of carbonyl (C=O) groups is 1. The molecule has 4 aromatic carbocycles. The van der Waals surface area contributed by atoms with Gasteiger partial charge >= 0.3 is 0 Å². The SMILES string of the molecule is Cc1ccc(/C=N/N(C(=O)c2ccc(S(=O)(=O)N(C)Cc3ccccc3)cc2)c2nc3ccc(C)cc3s2)cc1. The molecule has 5 rings (SSSR count). The third kappa shape index (κ3) is 6.02. The first-order valence-corrected chi connectivity index (χ1v) is 14.9. The fourth-order valence-electron chi connectivity index (χ4n) is 4.07. The number of amides is 1. The minimum atomic E-state index is -3.75.